The summed E-state index contributed by atoms with van der Waals surface area (Å²) >= 11 is 0. The number of nitrogens with zero attached hydrogens (tertiary/aromatic N) is 3. The highest BCUT2D eigenvalue weighted by molar-refractivity contribution is 6.06. The molecule has 1 saturated carbocycles. The first-order chi connectivity index (χ1) is 15.9. The van der Waals surface area contributed by atoms with E-state index in [9.17, 15) is 14.9 Å². The lowest BCUT2D eigenvalue weighted by Crippen LogP contribution is -2.51. The van der Waals surface area contributed by atoms with Crippen molar-refractivity contribution in [3.63, 3.8) is 0 Å². The van der Waals surface area contributed by atoms with Gasteiger partial charge in [-0.25, -0.2) is 4.79 Å². The van der Waals surface area contributed by atoms with Gasteiger partial charge in [-0.05, 0) is 75.5 Å². The summed E-state index contributed by atoms with van der Waals surface area (Å²) in [5, 5.41) is 12.0. The summed E-state index contributed by atoms with van der Waals surface area (Å²) in [7, 11) is 0. The van der Waals surface area contributed by atoms with Crippen molar-refractivity contribution in [1.29, 1.82) is 5.26 Å². The molecule has 1 atom stereocenters. The first kappa shape index (κ1) is 23.6. The quantitative estimate of drug-likeness (QED) is 0.717. The van der Waals surface area contributed by atoms with Crippen LogP contribution < -0.4 is 10.2 Å². The average Bonchev–Trinajstić information content (AvgIpc) is 3.09. The third kappa shape index (κ3) is 4.86. The van der Waals surface area contributed by atoms with Crippen molar-refractivity contribution in [2.75, 3.05) is 24.6 Å². The van der Waals surface area contributed by atoms with Gasteiger partial charge in [0.25, 0.3) is 5.91 Å². The van der Waals surface area contributed by atoms with Crippen molar-refractivity contribution < 1.29 is 14.3 Å². The molecule has 7 nitrogen and oxygen atoms in total. The number of nitriles is 1. The molecule has 1 aliphatic carbocycles. The number of alkyl carbamates (subject to hydrolysis) is 1. The molecule has 2 aliphatic heterocycles. The number of piperidine rings is 1. The molecular formula is C26H36N4O3. The molecule has 1 aromatic rings. The van der Waals surface area contributed by atoms with Crippen LogP contribution in [0.4, 0.5) is 10.5 Å². The molecule has 2 fully saturated rings. The lowest BCUT2D eigenvalue weighted by atomic mass is 9.79. The van der Waals surface area contributed by atoms with Gasteiger partial charge in [-0.15, -0.1) is 0 Å². The summed E-state index contributed by atoms with van der Waals surface area (Å²) in [4.78, 5) is 30.0. The Kier molecular flexibility index (Phi) is 7.23. The fourth-order valence-corrected chi connectivity index (χ4v) is 5.91. The van der Waals surface area contributed by atoms with Gasteiger partial charge in [0, 0.05) is 36.4 Å². The van der Waals surface area contributed by atoms with Crippen LogP contribution in [0.5, 0.6) is 0 Å². The van der Waals surface area contributed by atoms with Crippen molar-refractivity contribution in [3.8, 4) is 6.07 Å². The van der Waals surface area contributed by atoms with E-state index in [-0.39, 0.29) is 18.6 Å². The molecule has 178 valence electrons. The number of benzene rings is 1. The first-order valence-electron chi connectivity index (χ1n) is 12.5. The minimum Gasteiger partial charge on any atom is -0.450 e. The molecule has 0 bridgehead atoms. The Bertz CT molecular complexity index is 909. The Hall–Kier alpha value is -2.59. The maximum absolute atomic E-state index is 13.4. The molecule has 0 aromatic heterocycles. The molecule has 33 heavy (non-hydrogen) atoms. The number of fused-ring (bicyclic) bond motifs is 1. The fraction of sp³-hybridized carbons (Fsp3) is 0.654. The van der Waals surface area contributed by atoms with Gasteiger partial charge in [0.2, 0.25) is 0 Å². The average molecular weight is 453 g/mol. The Balaban J connectivity index is 1.44. The number of hydrogen-bond acceptors (Lipinski definition) is 5. The molecule has 0 radical (unpaired) electrons. The van der Waals surface area contributed by atoms with Gasteiger partial charge in [0.05, 0.1) is 18.2 Å². The largest absolute Gasteiger partial charge is 0.450 e. The van der Waals surface area contributed by atoms with E-state index in [1.165, 1.54) is 25.7 Å². The Morgan fingerprint density at radius 2 is 1.85 bits per heavy atom. The molecule has 1 N–H and O–H groups in total. The Labute approximate surface area is 197 Å². The maximum Gasteiger partial charge on any atom is 0.408 e. The summed E-state index contributed by atoms with van der Waals surface area (Å²) in [6.07, 6.45) is 6.43. The maximum atomic E-state index is 13.4. The first-order valence-corrected chi connectivity index (χ1v) is 12.5. The van der Waals surface area contributed by atoms with Crippen molar-refractivity contribution in [1.82, 2.24) is 10.2 Å². The number of anilines is 1. The number of nitrogens with one attached hydrogen (secondary N) is 1. The zero-order valence-corrected chi connectivity index (χ0v) is 20.0. The second-order valence-corrected chi connectivity index (χ2v) is 9.97. The van der Waals surface area contributed by atoms with Crippen LogP contribution in [0.25, 0.3) is 0 Å². The Morgan fingerprint density at radius 3 is 2.45 bits per heavy atom. The van der Waals surface area contributed by atoms with Crippen LogP contribution in [0.15, 0.2) is 18.2 Å². The van der Waals surface area contributed by atoms with E-state index in [0.29, 0.717) is 17.2 Å². The standard InChI is InChI=1S/C26H36N4O3/c1-4-33-26(32)28-24-22-15-18(16-27)5-10-23(22)30(25(24)31)21-11-13-29(14-12-21)20-8-6-19(7-9-20)17(2)3/h5,10,15,17,19-21,24H,4,6-9,11-14H2,1-3H3,(H,28,32)/t19-,20+,24?. The predicted molar refractivity (Wildman–Crippen MR) is 127 cm³/mol. The number of amides is 2. The molecule has 0 spiro atoms. The normalized spacial score (nSPS) is 26.2. The zero-order valence-electron chi connectivity index (χ0n) is 20.0. The topological polar surface area (TPSA) is 85.7 Å². The monoisotopic (exact) mass is 452 g/mol. The van der Waals surface area contributed by atoms with Crippen LogP contribution in [-0.2, 0) is 9.53 Å². The van der Waals surface area contributed by atoms with Gasteiger partial charge < -0.3 is 19.9 Å². The highest BCUT2D eigenvalue weighted by Crippen LogP contribution is 2.40. The highest BCUT2D eigenvalue weighted by atomic mass is 16.5. The zero-order chi connectivity index (χ0) is 23.5. The van der Waals surface area contributed by atoms with Gasteiger partial charge in [-0.1, -0.05) is 13.8 Å². The molecule has 4 rings (SSSR count). The number of likely N-dealkylation sites (tertiary alicyclic amines) is 1. The third-order valence-corrected chi connectivity index (χ3v) is 7.81. The lowest BCUT2D eigenvalue weighted by Gasteiger charge is -2.43. The van der Waals surface area contributed by atoms with Crippen molar-refractivity contribution in [2.45, 2.75) is 77.4 Å². The second-order valence-electron chi connectivity index (χ2n) is 9.97. The predicted octanol–water partition coefficient (Wildman–Crippen LogP) is 4.37. The van der Waals surface area contributed by atoms with Crippen molar-refractivity contribution in [3.05, 3.63) is 29.3 Å². The van der Waals surface area contributed by atoms with Crippen LogP contribution in [-0.4, -0.2) is 48.7 Å². The minimum atomic E-state index is -0.809. The van der Waals surface area contributed by atoms with Crippen LogP contribution >= 0.6 is 0 Å². The summed E-state index contributed by atoms with van der Waals surface area (Å²) < 4.78 is 5.02. The third-order valence-electron chi connectivity index (χ3n) is 7.81. The van der Waals surface area contributed by atoms with E-state index in [4.69, 9.17) is 4.74 Å². The number of rotatable bonds is 5. The number of carbonyl (C=O) groups is 2. The van der Waals surface area contributed by atoms with Crippen LogP contribution in [0.3, 0.4) is 0 Å². The summed E-state index contributed by atoms with van der Waals surface area (Å²) in [5.74, 6) is 1.50. The molecule has 2 amide bonds. The number of ether oxygens (including phenoxy) is 1. The van der Waals surface area contributed by atoms with Crippen LogP contribution in [0.1, 0.15) is 76.5 Å². The molecule has 7 heteroatoms. The van der Waals surface area contributed by atoms with Gasteiger partial charge in [-0.3, -0.25) is 4.79 Å². The van der Waals surface area contributed by atoms with Crippen LogP contribution in [0.2, 0.25) is 0 Å². The Morgan fingerprint density at radius 1 is 1.15 bits per heavy atom. The minimum absolute atomic E-state index is 0.0986. The van der Waals surface area contributed by atoms with E-state index in [0.717, 1.165) is 43.5 Å². The molecule has 3 aliphatic rings. The van der Waals surface area contributed by atoms with E-state index in [2.05, 4.69) is 30.1 Å². The van der Waals surface area contributed by atoms with Gasteiger partial charge in [0.15, 0.2) is 0 Å². The van der Waals surface area contributed by atoms with E-state index in [1.807, 2.05) is 11.0 Å². The molecule has 1 unspecified atom stereocenters. The van der Waals surface area contributed by atoms with Crippen molar-refractivity contribution in [2.24, 2.45) is 11.8 Å². The summed E-state index contributed by atoms with van der Waals surface area (Å²) in [6.45, 7) is 8.63. The van der Waals surface area contributed by atoms with Gasteiger partial charge in [-0.2, -0.15) is 5.26 Å². The molecule has 1 saturated heterocycles. The lowest BCUT2D eigenvalue weighted by molar-refractivity contribution is -0.120. The highest BCUT2D eigenvalue weighted by Gasteiger charge is 2.43. The van der Waals surface area contributed by atoms with Gasteiger partial charge >= 0.3 is 6.09 Å². The van der Waals surface area contributed by atoms with Crippen molar-refractivity contribution >= 4 is 17.7 Å². The van der Waals surface area contributed by atoms with Gasteiger partial charge in [0.1, 0.15) is 6.04 Å². The fourth-order valence-electron chi connectivity index (χ4n) is 5.91. The second kappa shape index (κ2) is 10.1. The smallest absolute Gasteiger partial charge is 0.408 e. The molecule has 1 aromatic carbocycles. The van der Waals surface area contributed by atoms with E-state index in [1.54, 1.807) is 19.1 Å². The van der Waals surface area contributed by atoms with E-state index >= 15 is 0 Å². The summed E-state index contributed by atoms with van der Waals surface area (Å²) in [6, 6.07) is 7.40. The number of hydrogen-bond donors (Lipinski definition) is 1. The van der Waals surface area contributed by atoms with Crippen LogP contribution in [0, 0.1) is 23.2 Å². The van der Waals surface area contributed by atoms with E-state index < -0.39 is 12.1 Å². The summed E-state index contributed by atoms with van der Waals surface area (Å²) in [5.41, 5.74) is 1.96. The SMILES string of the molecule is CCOC(=O)NC1C(=O)N(C2CCN([C@H]3CC[C@@H](C(C)C)CC3)CC2)c2ccc(C#N)cc21. The number of carbonyl (C=O) groups excluding carboxylic acids is 2. The molecular weight excluding hydrogens is 416 g/mol. The molecule has 2 heterocycles.